The fourth-order valence-corrected chi connectivity index (χ4v) is 4.29. The van der Waals surface area contributed by atoms with Crippen LogP contribution in [-0.4, -0.2) is 45.0 Å². The first-order valence-corrected chi connectivity index (χ1v) is 12.4. The van der Waals surface area contributed by atoms with Crippen molar-refractivity contribution in [2.24, 2.45) is 0 Å². The molecule has 0 saturated heterocycles. The van der Waals surface area contributed by atoms with Gasteiger partial charge in [0.2, 0.25) is 5.91 Å². The van der Waals surface area contributed by atoms with Gasteiger partial charge in [0, 0.05) is 18.7 Å². The monoisotopic (exact) mass is 497 g/mol. The van der Waals surface area contributed by atoms with Crippen LogP contribution in [0.3, 0.4) is 0 Å². The van der Waals surface area contributed by atoms with Gasteiger partial charge in [0.25, 0.3) is 15.9 Å². The third-order valence-corrected chi connectivity index (χ3v) is 6.44. The first kappa shape index (κ1) is 25.7. The lowest BCUT2D eigenvalue weighted by Gasteiger charge is -2.24. The van der Waals surface area contributed by atoms with Crippen molar-refractivity contribution in [2.75, 3.05) is 24.2 Å². The molecule has 0 atom stereocenters. The molecule has 0 radical (unpaired) electrons. The zero-order chi connectivity index (χ0) is 25.1. The van der Waals surface area contributed by atoms with Crippen LogP contribution in [0.1, 0.15) is 23.2 Å². The summed E-state index contributed by atoms with van der Waals surface area (Å²) in [4.78, 5) is 29.8. The number of amides is 2. The van der Waals surface area contributed by atoms with Gasteiger partial charge in [-0.2, -0.15) is 8.42 Å². The molecule has 0 aliphatic carbocycles. The van der Waals surface area contributed by atoms with Gasteiger partial charge >= 0.3 is 0 Å². The largest absolute Gasteiger partial charge is 0.396 e. The summed E-state index contributed by atoms with van der Waals surface area (Å²) in [5.74, 6) is -0.530. The highest BCUT2D eigenvalue weighted by atomic mass is 32.2. The molecule has 3 N–H and O–H groups in total. The fourth-order valence-electron chi connectivity index (χ4n) is 3.03. The van der Waals surface area contributed by atoms with E-state index in [1.165, 1.54) is 24.3 Å². The summed E-state index contributed by atoms with van der Waals surface area (Å²) < 4.78 is 27.7. The Morgan fingerprint density at radius 3 is 2.09 bits per heavy atom. The van der Waals surface area contributed by atoms with Gasteiger partial charge in [-0.05, 0) is 61.4 Å². The Labute approximate surface area is 204 Å². The smallest absolute Gasteiger partial charge is 0.295 e. The lowest BCUT2D eigenvalue weighted by atomic mass is 10.2. The number of carbonyl (C=O) groups excluding carboxylic acids is 2. The molecule has 0 saturated carbocycles. The Morgan fingerprint density at radius 2 is 1.46 bits per heavy atom. The molecule has 0 fully saturated rings. The van der Waals surface area contributed by atoms with Crippen LogP contribution < -0.4 is 19.9 Å². The number of nitrogens with one attached hydrogen (secondary N) is 2. The number of aliphatic hydroxyl groups excluding tert-OH is 1. The molecule has 0 bridgehead atoms. The average molecular weight is 498 g/mol. The summed E-state index contributed by atoms with van der Waals surface area (Å²) in [5.41, 5.74) is 0.510. The zero-order valence-electron chi connectivity index (χ0n) is 19.0. The summed E-state index contributed by atoms with van der Waals surface area (Å²) in [7, 11) is -4.14. The van der Waals surface area contributed by atoms with Crippen molar-refractivity contribution in [3.63, 3.8) is 0 Å². The van der Waals surface area contributed by atoms with Crippen LogP contribution >= 0.6 is 0 Å². The molecule has 0 unspecified atom stereocenters. The lowest BCUT2D eigenvalue weighted by Crippen LogP contribution is -2.37. The summed E-state index contributed by atoms with van der Waals surface area (Å²) in [5, 5.41) is 13.9. The number of carbonyl (C=O) groups is 2. The normalized spacial score (nSPS) is 10.9. The Hall–Kier alpha value is -3.89. The minimum absolute atomic E-state index is 0.0554. The number of rotatable bonds is 12. The summed E-state index contributed by atoms with van der Waals surface area (Å²) in [6.45, 7) is 0.245. The van der Waals surface area contributed by atoms with E-state index in [4.69, 9.17) is 9.94 Å². The highest BCUT2D eigenvalue weighted by Crippen LogP contribution is 2.26. The van der Waals surface area contributed by atoms with E-state index in [-0.39, 0.29) is 29.5 Å². The van der Waals surface area contributed by atoms with Gasteiger partial charge in [0.15, 0.2) is 5.75 Å². The summed E-state index contributed by atoms with van der Waals surface area (Å²) in [6.07, 6.45) is 1.22. The topological polar surface area (TPSA) is 125 Å². The van der Waals surface area contributed by atoms with Crippen molar-refractivity contribution in [3.8, 4) is 5.75 Å². The Balaban J connectivity index is 1.71. The number of hydrogen-bond acceptors (Lipinski definition) is 6. The number of sulfonamides is 1. The van der Waals surface area contributed by atoms with Crippen LogP contribution in [0.2, 0.25) is 0 Å². The lowest BCUT2D eigenvalue weighted by molar-refractivity contribution is -0.120. The second-order valence-electron chi connectivity index (χ2n) is 7.46. The molecule has 184 valence electrons. The van der Waals surface area contributed by atoms with Crippen LogP contribution in [-0.2, 0) is 14.8 Å². The summed E-state index contributed by atoms with van der Waals surface area (Å²) in [6, 6.07) is 22.3. The molecule has 10 heteroatoms. The second-order valence-corrected chi connectivity index (χ2v) is 9.21. The highest BCUT2D eigenvalue weighted by Gasteiger charge is 2.27. The van der Waals surface area contributed by atoms with E-state index in [0.29, 0.717) is 30.8 Å². The van der Waals surface area contributed by atoms with Crippen molar-refractivity contribution in [3.05, 3.63) is 90.5 Å². The number of para-hydroxylation sites is 2. The summed E-state index contributed by atoms with van der Waals surface area (Å²) >= 11 is 0. The standard InChI is InChI=1S/C25H27N3O6S/c29-18-8-7-17-26-24(30)19-27-25(31)20-13-15-23(16-14-20)35(32,33)28(21-9-3-1-4-10-21)34-22-11-5-2-6-12-22/h1-6,9-16,29H,7-8,17-19H2,(H,26,30)(H,27,31). The van der Waals surface area contributed by atoms with Crippen LogP contribution in [0.4, 0.5) is 5.69 Å². The van der Waals surface area contributed by atoms with Gasteiger partial charge in [-0.3, -0.25) is 9.59 Å². The number of hydrogen-bond donors (Lipinski definition) is 3. The second kappa shape index (κ2) is 12.5. The van der Waals surface area contributed by atoms with Crippen molar-refractivity contribution in [1.29, 1.82) is 0 Å². The van der Waals surface area contributed by atoms with Crippen LogP contribution in [0.25, 0.3) is 0 Å². The van der Waals surface area contributed by atoms with E-state index in [0.717, 1.165) is 4.47 Å². The van der Waals surface area contributed by atoms with E-state index >= 15 is 0 Å². The molecule has 0 spiro atoms. The molecular formula is C25H27N3O6S. The molecule has 3 rings (SSSR count). The van der Waals surface area contributed by atoms with Gasteiger partial charge in [-0.1, -0.05) is 40.9 Å². The van der Waals surface area contributed by atoms with Gasteiger partial charge in [-0.25, -0.2) is 0 Å². The third-order valence-electron chi connectivity index (χ3n) is 4.85. The molecule has 0 heterocycles. The third kappa shape index (κ3) is 7.29. The van der Waals surface area contributed by atoms with Gasteiger partial charge in [0.05, 0.1) is 17.1 Å². The molecule has 0 aromatic heterocycles. The number of anilines is 1. The van der Waals surface area contributed by atoms with Gasteiger partial charge < -0.3 is 20.6 Å². The fraction of sp³-hybridized carbons (Fsp3) is 0.200. The first-order valence-electron chi connectivity index (χ1n) is 11.0. The first-order chi connectivity index (χ1) is 16.9. The maximum atomic E-state index is 13.4. The van der Waals surface area contributed by atoms with E-state index in [1.54, 1.807) is 60.7 Å². The van der Waals surface area contributed by atoms with Gasteiger partial charge in [-0.15, -0.1) is 0 Å². The van der Waals surface area contributed by atoms with Crippen LogP contribution in [0.15, 0.2) is 89.8 Å². The van der Waals surface area contributed by atoms with E-state index in [1.807, 2.05) is 0 Å². The van der Waals surface area contributed by atoms with E-state index < -0.39 is 15.9 Å². The van der Waals surface area contributed by atoms with E-state index in [2.05, 4.69) is 10.6 Å². The Bertz CT molecular complexity index is 1200. The molecule has 9 nitrogen and oxygen atoms in total. The molecule has 3 aromatic rings. The average Bonchev–Trinajstić information content (AvgIpc) is 2.89. The van der Waals surface area contributed by atoms with Gasteiger partial charge in [0.1, 0.15) is 0 Å². The van der Waals surface area contributed by atoms with Crippen molar-refractivity contribution in [1.82, 2.24) is 10.6 Å². The Morgan fingerprint density at radius 1 is 0.829 bits per heavy atom. The zero-order valence-corrected chi connectivity index (χ0v) is 19.8. The maximum absolute atomic E-state index is 13.4. The van der Waals surface area contributed by atoms with Crippen LogP contribution in [0, 0.1) is 0 Å². The Kier molecular flexibility index (Phi) is 9.22. The molecule has 3 aromatic carbocycles. The highest BCUT2D eigenvalue weighted by molar-refractivity contribution is 7.92. The minimum atomic E-state index is -4.14. The van der Waals surface area contributed by atoms with Crippen molar-refractivity contribution < 1.29 is 28.0 Å². The number of unbranched alkanes of at least 4 members (excludes halogenated alkanes) is 1. The molecule has 0 aliphatic heterocycles. The number of aliphatic hydroxyl groups is 1. The van der Waals surface area contributed by atoms with Crippen LogP contribution in [0.5, 0.6) is 5.75 Å². The molecule has 2 amide bonds. The predicted molar refractivity (Wildman–Crippen MR) is 131 cm³/mol. The molecule has 35 heavy (non-hydrogen) atoms. The number of benzene rings is 3. The quantitative estimate of drug-likeness (QED) is 0.261. The van der Waals surface area contributed by atoms with Crippen molar-refractivity contribution >= 4 is 27.5 Å². The molecular weight excluding hydrogens is 470 g/mol. The number of nitrogens with zero attached hydrogens (tertiary/aromatic N) is 1. The van der Waals surface area contributed by atoms with Crippen molar-refractivity contribution in [2.45, 2.75) is 17.7 Å². The van der Waals surface area contributed by atoms with E-state index in [9.17, 15) is 18.0 Å². The SMILES string of the molecule is O=C(CNC(=O)c1ccc(S(=O)(=O)N(Oc2ccccc2)c2ccccc2)cc1)NCCCCO. The minimum Gasteiger partial charge on any atom is -0.396 e. The predicted octanol–water partition coefficient (Wildman–Crippen LogP) is 2.49. The maximum Gasteiger partial charge on any atom is 0.295 e. The molecule has 0 aliphatic rings.